The van der Waals surface area contributed by atoms with E-state index >= 15 is 0 Å². The minimum Gasteiger partial charge on any atom is -0.341 e. The molecule has 0 atom stereocenters. The van der Waals surface area contributed by atoms with Gasteiger partial charge in [-0.25, -0.2) is 0 Å². The van der Waals surface area contributed by atoms with Crippen LogP contribution in [0.5, 0.6) is 0 Å². The van der Waals surface area contributed by atoms with E-state index in [1.54, 1.807) is 0 Å². The van der Waals surface area contributed by atoms with Crippen LogP contribution in [0.1, 0.15) is 16.8 Å². The Morgan fingerprint density at radius 3 is 2.84 bits per heavy atom. The Hall–Kier alpha value is -2.13. The molecule has 1 aromatic carbocycles. The van der Waals surface area contributed by atoms with Gasteiger partial charge in [0, 0.05) is 18.9 Å². The molecule has 0 radical (unpaired) electrons. The number of para-hydroxylation sites is 1. The first-order chi connectivity index (χ1) is 9.29. The summed E-state index contributed by atoms with van der Waals surface area (Å²) in [7, 11) is 0. The van der Waals surface area contributed by atoms with E-state index in [9.17, 15) is 0 Å². The van der Waals surface area contributed by atoms with Crippen molar-refractivity contribution in [3.63, 3.8) is 0 Å². The van der Waals surface area contributed by atoms with E-state index in [-0.39, 0.29) is 0 Å². The zero-order valence-corrected chi connectivity index (χ0v) is 11.0. The van der Waals surface area contributed by atoms with Crippen LogP contribution in [0.15, 0.2) is 48.8 Å². The van der Waals surface area contributed by atoms with Gasteiger partial charge in [0.05, 0.1) is 17.8 Å². The molecule has 96 valence electrons. The zero-order chi connectivity index (χ0) is 13.2. The van der Waals surface area contributed by atoms with Gasteiger partial charge in [0.1, 0.15) is 0 Å². The second-order valence-electron chi connectivity index (χ2n) is 4.77. The van der Waals surface area contributed by atoms with Crippen LogP contribution in [-0.2, 0) is 13.1 Å². The van der Waals surface area contributed by atoms with E-state index in [2.05, 4.69) is 53.0 Å². The number of hydrogen-bond acceptors (Lipinski definition) is 2. The molecule has 3 nitrogen and oxygen atoms in total. The number of pyridine rings is 1. The number of rotatable bonds is 3. The summed E-state index contributed by atoms with van der Waals surface area (Å²) in [5, 5.41) is 1.23. The molecule has 0 saturated heterocycles. The van der Waals surface area contributed by atoms with Crippen molar-refractivity contribution in [1.82, 2.24) is 9.55 Å². The molecule has 0 saturated carbocycles. The summed E-state index contributed by atoms with van der Waals surface area (Å²) in [5.74, 6) is 0. The maximum Gasteiger partial charge on any atom is 0.0651 e. The summed E-state index contributed by atoms with van der Waals surface area (Å²) in [5.41, 5.74) is 10.6. The molecule has 19 heavy (non-hydrogen) atoms. The molecule has 3 aromatic rings. The molecular weight excluding hydrogens is 234 g/mol. The Bertz CT molecular complexity index is 713. The van der Waals surface area contributed by atoms with Gasteiger partial charge in [0.15, 0.2) is 0 Å². The van der Waals surface area contributed by atoms with Crippen molar-refractivity contribution in [3.05, 3.63) is 65.6 Å². The summed E-state index contributed by atoms with van der Waals surface area (Å²) >= 11 is 0. The number of fused-ring (bicyclic) bond motifs is 1. The third-order valence-corrected chi connectivity index (χ3v) is 3.53. The minimum absolute atomic E-state index is 0.558. The molecule has 0 aliphatic rings. The molecule has 0 aliphatic carbocycles. The lowest BCUT2D eigenvalue weighted by atomic mass is 10.1. The molecule has 2 N–H and O–H groups in total. The van der Waals surface area contributed by atoms with Gasteiger partial charge in [0.2, 0.25) is 0 Å². The van der Waals surface area contributed by atoms with Crippen molar-refractivity contribution in [3.8, 4) is 0 Å². The van der Waals surface area contributed by atoms with Crippen LogP contribution in [0, 0.1) is 6.92 Å². The lowest BCUT2D eigenvalue weighted by Crippen LogP contribution is -2.05. The Labute approximate surface area is 112 Å². The average molecular weight is 251 g/mol. The Kier molecular flexibility index (Phi) is 3.05. The van der Waals surface area contributed by atoms with Gasteiger partial charge in [-0.1, -0.05) is 24.3 Å². The number of aryl methyl sites for hydroxylation is 1. The second kappa shape index (κ2) is 4.86. The number of nitrogens with two attached hydrogens (primary N) is 1. The van der Waals surface area contributed by atoms with Crippen molar-refractivity contribution in [2.75, 3.05) is 0 Å². The van der Waals surface area contributed by atoms with Crippen LogP contribution in [0.2, 0.25) is 0 Å². The molecule has 0 fully saturated rings. The van der Waals surface area contributed by atoms with Gasteiger partial charge in [-0.05, 0) is 35.6 Å². The third-order valence-electron chi connectivity index (χ3n) is 3.53. The van der Waals surface area contributed by atoms with Gasteiger partial charge < -0.3 is 10.3 Å². The molecular formula is C16H17N3. The molecule has 3 heteroatoms. The highest BCUT2D eigenvalue weighted by Crippen LogP contribution is 2.21. The van der Waals surface area contributed by atoms with Gasteiger partial charge in [-0.3, -0.25) is 4.98 Å². The predicted molar refractivity (Wildman–Crippen MR) is 77.9 cm³/mol. The average Bonchev–Trinajstić information content (AvgIpc) is 2.85. The van der Waals surface area contributed by atoms with Gasteiger partial charge in [-0.2, -0.15) is 0 Å². The summed E-state index contributed by atoms with van der Waals surface area (Å²) in [6.07, 6.45) is 3.95. The SMILES string of the molecule is Cc1cccnc1Cn1ccc2cccc(CN)c21. The first kappa shape index (κ1) is 11.9. The van der Waals surface area contributed by atoms with Crippen molar-refractivity contribution in [2.24, 2.45) is 5.73 Å². The van der Waals surface area contributed by atoms with E-state index in [0.29, 0.717) is 6.54 Å². The van der Waals surface area contributed by atoms with Crippen molar-refractivity contribution < 1.29 is 0 Å². The van der Waals surface area contributed by atoms with Crippen LogP contribution >= 0.6 is 0 Å². The van der Waals surface area contributed by atoms with E-state index in [1.807, 2.05) is 12.3 Å². The fourth-order valence-electron chi connectivity index (χ4n) is 2.48. The van der Waals surface area contributed by atoms with Crippen molar-refractivity contribution in [2.45, 2.75) is 20.0 Å². The highest BCUT2D eigenvalue weighted by molar-refractivity contribution is 5.83. The summed E-state index contributed by atoms with van der Waals surface area (Å²) in [4.78, 5) is 4.46. The van der Waals surface area contributed by atoms with E-state index < -0.39 is 0 Å². The standard InChI is InChI=1S/C16H17N3/c1-12-4-3-8-18-15(12)11-19-9-7-13-5-2-6-14(10-17)16(13)19/h2-9H,10-11,17H2,1H3. The van der Waals surface area contributed by atoms with Gasteiger partial charge in [0.25, 0.3) is 0 Å². The van der Waals surface area contributed by atoms with Crippen molar-refractivity contribution in [1.29, 1.82) is 0 Å². The number of aromatic nitrogens is 2. The monoisotopic (exact) mass is 251 g/mol. The minimum atomic E-state index is 0.558. The first-order valence-corrected chi connectivity index (χ1v) is 6.47. The van der Waals surface area contributed by atoms with Gasteiger partial charge >= 0.3 is 0 Å². The number of nitrogens with zero attached hydrogens (tertiary/aromatic N) is 2. The second-order valence-corrected chi connectivity index (χ2v) is 4.77. The highest BCUT2D eigenvalue weighted by atomic mass is 15.0. The maximum atomic E-state index is 5.84. The Morgan fingerprint density at radius 2 is 2.05 bits per heavy atom. The smallest absolute Gasteiger partial charge is 0.0651 e. The molecule has 2 heterocycles. The summed E-state index contributed by atoms with van der Waals surface area (Å²) in [6, 6.07) is 12.5. The van der Waals surface area contributed by atoms with Crippen molar-refractivity contribution >= 4 is 10.9 Å². The Balaban J connectivity index is 2.09. The van der Waals surface area contributed by atoms with E-state index in [4.69, 9.17) is 5.73 Å². The van der Waals surface area contributed by atoms with Crippen LogP contribution < -0.4 is 5.73 Å². The Morgan fingerprint density at radius 1 is 1.16 bits per heavy atom. The molecule has 3 rings (SSSR count). The highest BCUT2D eigenvalue weighted by Gasteiger charge is 2.07. The van der Waals surface area contributed by atoms with Crippen LogP contribution in [-0.4, -0.2) is 9.55 Å². The fourth-order valence-corrected chi connectivity index (χ4v) is 2.48. The van der Waals surface area contributed by atoms with E-state index in [1.165, 1.54) is 22.0 Å². The molecule has 0 aliphatic heterocycles. The number of benzene rings is 1. The third kappa shape index (κ3) is 2.13. The van der Waals surface area contributed by atoms with Gasteiger partial charge in [-0.15, -0.1) is 0 Å². The summed E-state index contributed by atoms with van der Waals surface area (Å²) < 4.78 is 2.23. The molecule has 0 spiro atoms. The molecule has 0 unspecified atom stereocenters. The largest absolute Gasteiger partial charge is 0.341 e. The van der Waals surface area contributed by atoms with Crippen LogP contribution in [0.25, 0.3) is 10.9 Å². The van der Waals surface area contributed by atoms with Crippen LogP contribution in [0.3, 0.4) is 0 Å². The quantitative estimate of drug-likeness (QED) is 0.778. The lowest BCUT2D eigenvalue weighted by molar-refractivity contribution is 0.795. The molecule has 2 aromatic heterocycles. The lowest BCUT2D eigenvalue weighted by Gasteiger charge is -2.10. The van der Waals surface area contributed by atoms with E-state index in [0.717, 1.165) is 12.2 Å². The van der Waals surface area contributed by atoms with Crippen LogP contribution in [0.4, 0.5) is 0 Å². The first-order valence-electron chi connectivity index (χ1n) is 6.47. The number of hydrogen-bond donors (Lipinski definition) is 1. The topological polar surface area (TPSA) is 43.8 Å². The molecule has 0 bridgehead atoms. The predicted octanol–water partition coefficient (Wildman–Crippen LogP) is 2.85. The molecule has 0 amide bonds. The maximum absolute atomic E-state index is 5.84. The summed E-state index contributed by atoms with van der Waals surface area (Å²) in [6.45, 7) is 3.44. The fraction of sp³-hybridized carbons (Fsp3) is 0.188. The normalized spacial score (nSPS) is 11.1. The zero-order valence-electron chi connectivity index (χ0n) is 11.0.